The van der Waals surface area contributed by atoms with Crippen LogP contribution >= 0.6 is 22.9 Å². The predicted octanol–water partition coefficient (Wildman–Crippen LogP) is 3.90. The molecule has 3 rings (SSSR count). The smallest absolute Gasteiger partial charge is 0.337 e. The third-order valence-electron chi connectivity index (χ3n) is 3.26. The summed E-state index contributed by atoms with van der Waals surface area (Å²) in [5.74, 6) is -0.812. The Morgan fingerprint density at radius 2 is 1.96 bits per heavy atom. The van der Waals surface area contributed by atoms with E-state index in [0.717, 1.165) is 5.56 Å². The van der Waals surface area contributed by atoms with Crippen LogP contribution in [0.5, 0.6) is 0 Å². The summed E-state index contributed by atoms with van der Waals surface area (Å²) in [5.41, 5.74) is 1.72. The van der Waals surface area contributed by atoms with Gasteiger partial charge >= 0.3 is 5.97 Å². The number of thiazole rings is 1. The Kier molecular flexibility index (Phi) is 5.06. The number of hydrogen-bond donors (Lipinski definition) is 1. The average molecular weight is 374 g/mol. The number of carbonyl (C=O) groups is 2. The number of amides is 1. The van der Waals surface area contributed by atoms with E-state index in [1.165, 1.54) is 18.4 Å². The lowest BCUT2D eigenvalue weighted by molar-refractivity contribution is 0.0600. The Balaban J connectivity index is 1.78. The zero-order valence-electron chi connectivity index (χ0n) is 13.0. The number of methoxy groups -OCH3 is 1. The van der Waals surface area contributed by atoms with Crippen molar-refractivity contribution in [2.24, 2.45) is 0 Å². The van der Waals surface area contributed by atoms with E-state index in [-0.39, 0.29) is 11.1 Å². The molecule has 3 aromatic rings. The van der Waals surface area contributed by atoms with Gasteiger partial charge in [-0.05, 0) is 36.4 Å². The first kappa shape index (κ1) is 17.1. The third-order valence-corrected chi connectivity index (χ3v) is 4.75. The van der Waals surface area contributed by atoms with E-state index in [2.05, 4.69) is 20.0 Å². The van der Waals surface area contributed by atoms with Crippen molar-refractivity contribution in [3.05, 3.63) is 64.4 Å². The van der Waals surface area contributed by atoms with E-state index in [1.807, 2.05) is 6.07 Å². The summed E-state index contributed by atoms with van der Waals surface area (Å²) in [7, 11) is 1.31. The molecule has 0 unspecified atom stereocenters. The molecule has 1 aromatic carbocycles. The Morgan fingerprint density at radius 1 is 1.20 bits per heavy atom. The number of hydrogen-bond acceptors (Lipinski definition) is 6. The highest BCUT2D eigenvalue weighted by molar-refractivity contribution is 7.17. The molecule has 0 aliphatic heterocycles. The highest BCUT2D eigenvalue weighted by atomic mass is 35.5. The molecule has 2 aromatic heterocycles. The Hall–Kier alpha value is -2.77. The number of benzene rings is 1. The lowest BCUT2D eigenvalue weighted by atomic mass is 10.2. The highest BCUT2D eigenvalue weighted by Gasteiger charge is 2.18. The number of rotatable bonds is 4. The predicted molar refractivity (Wildman–Crippen MR) is 96.1 cm³/mol. The molecule has 0 aliphatic carbocycles. The van der Waals surface area contributed by atoms with Gasteiger partial charge in [0.1, 0.15) is 9.88 Å². The van der Waals surface area contributed by atoms with Crippen molar-refractivity contribution in [2.75, 3.05) is 12.4 Å². The van der Waals surface area contributed by atoms with Gasteiger partial charge < -0.3 is 10.1 Å². The van der Waals surface area contributed by atoms with Gasteiger partial charge in [0, 0.05) is 23.6 Å². The van der Waals surface area contributed by atoms with Gasteiger partial charge in [-0.15, -0.1) is 11.3 Å². The molecular formula is C17H12ClN3O3S. The van der Waals surface area contributed by atoms with Gasteiger partial charge in [-0.25, -0.2) is 9.78 Å². The summed E-state index contributed by atoms with van der Waals surface area (Å²) in [6.45, 7) is 0. The second kappa shape index (κ2) is 7.42. The van der Waals surface area contributed by atoms with Gasteiger partial charge in [0.05, 0.1) is 12.7 Å². The third kappa shape index (κ3) is 3.84. The first-order chi connectivity index (χ1) is 12.1. The fourth-order valence-corrected chi connectivity index (χ4v) is 3.23. The molecule has 6 nitrogen and oxygen atoms in total. The minimum absolute atomic E-state index is 0.132. The molecule has 8 heteroatoms. The van der Waals surface area contributed by atoms with E-state index >= 15 is 0 Å². The second-order valence-corrected chi connectivity index (χ2v) is 6.26. The molecular weight excluding hydrogens is 362 g/mol. The molecule has 0 fully saturated rings. The Labute approximate surface area is 152 Å². The van der Waals surface area contributed by atoms with Crippen molar-refractivity contribution in [3.63, 3.8) is 0 Å². The normalized spacial score (nSPS) is 10.3. The number of aromatic nitrogens is 2. The minimum atomic E-state index is -0.440. The van der Waals surface area contributed by atoms with Gasteiger partial charge in [0.25, 0.3) is 5.91 Å². The lowest BCUT2D eigenvalue weighted by Crippen LogP contribution is -2.11. The molecule has 1 amide bonds. The van der Waals surface area contributed by atoms with Crippen molar-refractivity contribution in [2.45, 2.75) is 0 Å². The number of nitrogens with one attached hydrogen (secondary N) is 1. The van der Waals surface area contributed by atoms with Gasteiger partial charge in [-0.1, -0.05) is 11.6 Å². The van der Waals surface area contributed by atoms with Crippen LogP contribution in [0.25, 0.3) is 10.6 Å². The van der Waals surface area contributed by atoms with Crippen LogP contribution in [0, 0.1) is 0 Å². The maximum Gasteiger partial charge on any atom is 0.337 e. The number of carbonyl (C=O) groups excluding carboxylic acids is 2. The number of ether oxygens (including phenoxy) is 1. The van der Waals surface area contributed by atoms with Crippen LogP contribution in [0.2, 0.25) is 5.15 Å². The summed E-state index contributed by atoms with van der Waals surface area (Å²) < 4.78 is 4.63. The Bertz CT molecular complexity index is 911. The molecule has 0 bridgehead atoms. The quantitative estimate of drug-likeness (QED) is 0.701. The van der Waals surface area contributed by atoms with Gasteiger partial charge in [-0.2, -0.15) is 0 Å². The summed E-state index contributed by atoms with van der Waals surface area (Å²) in [4.78, 5) is 32.4. The second-order valence-electron chi connectivity index (χ2n) is 4.90. The average Bonchev–Trinajstić information content (AvgIpc) is 3.04. The lowest BCUT2D eigenvalue weighted by Gasteiger charge is -2.04. The molecule has 0 saturated heterocycles. The maximum atomic E-state index is 12.4. The topological polar surface area (TPSA) is 81.2 Å². The number of nitrogens with zero attached hydrogens (tertiary/aromatic N) is 2. The van der Waals surface area contributed by atoms with Crippen molar-refractivity contribution in [1.82, 2.24) is 9.97 Å². The number of anilines is 1. The van der Waals surface area contributed by atoms with Crippen LogP contribution in [0.3, 0.4) is 0 Å². The first-order valence-electron chi connectivity index (χ1n) is 7.15. The van der Waals surface area contributed by atoms with E-state index in [4.69, 9.17) is 11.6 Å². The monoisotopic (exact) mass is 373 g/mol. The van der Waals surface area contributed by atoms with Crippen molar-refractivity contribution in [1.29, 1.82) is 0 Å². The van der Waals surface area contributed by atoms with E-state index in [1.54, 1.807) is 42.7 Å². The van der Waals surface area contributed by atoms with Crippen LogP contribution in [0.15, 0.2) is 48.8 Å². The van der Waals surface area contributed by atoms with E-state index < -0.39 is 5.97 Å². The van der Waals surface area contributed by atoms with Crippen LogP contribution in [0.1, 0.15) is 20.0 Å². The molecule has 1 N–H and O–H groups in total. The zero-order valence-corrected chi connectivity index (χ0v) is 14.6. The van der Waals surface area contributed by atoms with Crippen molar-refractivity contribution >= 4 is 40.5 Å². The fraction of sp³-hybridized carbons (Fsp3) is 0.0588. The van der Waals surface area contributed by atoms with Gasteiger partial charge in [0.2, 0.25) is 0 Å². The van der Waals surface area contributed by atoms with Crippen LogP contribution in [-0.2, 0) is 4.74 Å². The Morgan fingerprint density at radius 3 is 2.60 bits per heavy atom. The molecule has 0 spiro atoms. The molecule has 25 heavy (non-hydrogen) atoms. The van der Waals surface area contributed by atoms with Crippen molar-refractivity contribution in [3.8, 4) is 10.6 Å². The zero-order chi connectivity index (χ0) is 17.8. The minimum Gasteiger partial charge on any atom is -0.465 e. The molecule has 126 valence electrons. The highest BCUT2D eigenvalue weighted by Crippen LogP contribution is 2.31. The van der Waals surface area contributed by atoms with Crippen LogP contribution < -0.4 is 5.32 Å². The van der Waals surface area contributed by atoms with E-state index in [9.17, 15) is 9.59 Å². The molecule has 0 saturated carbocycles. The number of pyridine rings is 1. The summed E-state index contributed by atoms with van der Waals surface area (Å²) in [5, 5.41) is 3.47. The largest absolute Gasteiger partial charge is 0.465 e. The summed E-state index contributed by atoms with van der Waals surface area (Å²) >= 11 is 7.28. The van der Waals surface area contributed by atoms with Crippen LogP contribution in [0.4, 0.5) is 5.69 Å². The molecule has 0 radical (unpaired) electrons. The van der Waals surface area contributed by atoms with E-state index in [0.29, 0.717) is 21.1 Å². The molecule has 0 aliphatic rings. The maximum absolute atomic E-state index is 12.4. The van der Waals surface area contributed by atoms with Gasteiger partial charge in [-0.3, -0.25) is 9.78 Å². The first-order valence-corrected chi connectivity index (χ1v) is 8.34. The standard InChI is InChI=1S/C17H12ClN3O3S/c1-24-17(23)10-4-6-12(7-5-10)20-15(22)13-14(18)21-16(25-13)11-3-2-8-19-9-11/h2-9H,1H3,(H,20,22). The fourth-order valence-electron chi connectivity index (χ4n) is 2.05. The molecule has 2 heterocycles. The number of halogens is 1. The van der Waals surface area contributed by atoms with Crippen molar-refractivity contribution < 1.29 is 14.3 Å². The SMILES string of the molecule is COC(=O)c1ccc(NC(=O)c2sc(-c3cccnc3)nc2Cl)cc1. The number of esters is 1. The van der Waals surface area contributed by atoms with Gasteiger partial charge in [0.15, 0.2) is 5.15 Å². The van der Waals surface area contributed by atoms with Crippen LogP contribution in [-0.4, -0.2) is 29.0 Å². The summed E-state index contributed by atoms with van der Waals surface area (Å²) in [6.07, 6.45) is 3.31. The molecule has 0 atom stereocenters. The summed E-state index contributed by atoms with van der Waals surface area (Å²) in [6, 6.07) is 9.98.